The molecule has 2 aromatic rings. The second-order valence-electron chi connectivity index (χ2n) is 7.38. The highest BCUT2D eigenvalue weighted by atomic mass is 16.5. The van der Waals surface area contributed by atoms with Crippen LogP contribution in [-0.2, 0) is 4.65 Å². The topological polar surface area (TPSA) is 56.5 Å². The number of rotatable bonds is 5. The summed E-state index contributed by atoms with van der Waals surface area (Å²) in [5.74, 6) is 0.935. The van der Waals surface area contributed by atoms with Crippen LogP contribution in [0.15, 0.2) is 36.7 Å². The van der Waals surface area contributed by atoms with Gasteiger partial charge in [0.05, 0.1) is 23.9 Å². The molecule has 0 fully saturated rings. The molecule has 1 atom stereocenters. The van der Waals surface area contributed by atoms with Gasteiger partial charge in [-0.1, -0.05) is 18.2 Å². The number of ether oxygens (including phenoxy) is 1. The molecule has 3 rings (SSSR count). The van der Waals surface area contributed by atoms with Gasteiger partial charge in [-0.2, -0.15) is 5.10 Å². The number of aromatic nitrogens is 2. The number of fused-ring (bicyclic) bond motifs is 1. The maximum absolute atomic E-state index is 10.2. The summed E-state index contributed by atoms with van der Waals surface area (Å²) in [6.07, 6.45) is 4.75. The van der Waals surface area contributed by atoms with E-state index in [0.29, 0.717) is 14.1 Å². The number of para-hydroxylation sites is 1. The number of benzene rings is 1. The predicted octanol–water partition coefficient (Wildman–Crippen LogP) is 1.80. The van der Waals surface area contributed by atoms with E-state index in [-0.39, 0.29) is 6.04 Å². The molecule has 2 heterocycles. The van der Waals surface area contributed by atoms with Crippen molar-refractivity contribution in [2.45, 2.75) is 51.4 Å². The first-order chi connectivity index (χ1) is 11.3. The van der Waals surface area contributed by atoms with E-state index in [2.05, 4.69) is 11.2 Å². The van der Waals surface area contributed by atoms with Crippen molar-refractivity contribution >= 4 is 12.9 Å². The van der Waals surface area contributed by atoms with Crippen LogP contribution >= 0.6 is 0 Å². The molecule has 0 bridgehead atoms. The van der Waals surface area contributed by atoms with Gasteiger partial charge in [0, 0.05) is 24.4 Å². The molecule has 0 radical (unpaired) electrons. The SMILES string of the molecule is CC(C)(O)C(C)(C)OBc1cnn(C2CCOc3ccccc32)c1. The van der Waals surface area contributed by atoms with E-state index in [9.17, 15) is 5.11 Å². The van der Waals surface area contributed by atoms with Gasteiger partial charge in [0.25, 0.3) is 0 Å². The molecule has 0 aliphatic carbocycles. The number of hydrogen-bond acceptors (Lipinski definition) is 4. The molecule has 128 valence electrons. The van der Waals surface area contributed by atoms with Crippen molar-refractivity contribution in [1.82, 2.24) is 9.78 Å². The van der Waals surface area contributed by atoms with Gasteiger partial charge in [0.2, 0.25) is 0 Å². The van der Waals surface area contributed by atoms with E-state index in [1.807, 2.05) is 49.1 Å². The largest absolute Gasteiger partial charge is 0.493 e. The van der Waals surface area contributed by atoms with Crippen LogP contribution in [0.25, 0.3) is 0 Å². The molecule has 1 aliphatic heterocycles. The summed E-state index contributed by atoms with van der Waals surface area (Å²) in [4.78, 5) is 0. The number of aliphatic hydroxyl groups is 1. The fourth-order valence-electron chi connectivity index (χ4n) is 2.66. The smallest absolute Gasteiger partial charge is 0.312 e. The maximum atomic E-state index is 10.2. The van der Waals surface area contributed by atoms with Crippen molar-refractivity contribution in [3.63, 3.8) is 0 Å². The summed E-state index contributed by atoms with van der Waals surface area (Å²) >= 11 is 0. The Morgan fingerprint density at radius 2 is 2.04 bits per heavy atom. The number of hydrogen-bond donors (Lipinski definition) is 1. The fraction of sp³-hybridized carbons (Fsp3) is 0.500. The van der Waals surface area contributed by atoms with Crippen molar-refractivity contribution < 1.29 is 14.5 Å². The van der Waals surface area contributed by atoms with Gasteiger partial charge >= 0.3 is 7.48 Å². The molecule has 1 aromatic heterocycles. The van der Waals surface area contributed by atoms with Gasteiger partial charge in [-0.25, -0.2) is 0 Å². The highest BCUT2D eigenvalue weighted by molar-refractivity contribution is 6.46. The predicted molar refractivity (Wildman–Crippen MR) is 95.2 cm³/mol. The Kier molecular flexibility index (Phi) is 4.45. The van der Waals surface area contributed by atoms with Crippen molar-refractivity contribution in [2.75, 3.05) is 6.61 Å². The minimum Gasteiger partial charge on any atom is -0.493 e. The maximum Gasteiger partial charge on any atom is 0.312 e. The third-order valence-corrected chi connectivity index (χ3v) is 4.97. The van der Waals surface area contributed by atoms with Crippen LogP contribution in [0.3, 0.4) is 0 Å². The van der Waals surface area contributed by atoms with Crippen LogP contribution in [0.1, 0.15) is 45.7 Å². The van der Waals surface area contributed by atoms with E-state index in [0.717, 1.165) is 23.2 Å². The molecular weight excluding hydrogens is 303 g/mol. The van der Waals surface area contributed by atoms with Gasteiger partial charge < -0.3 is 14.5 Å². The fourth-order valence-corrected chi connectivity index (χ4v) is 2.66. The Bertz CT molecular complexity index is 706. The molecule has 24 heavy (non-hydrogen) atoms. The van der Waals surface area contributed by atoms with E-state index in [1.54, 1.807) is 13.8 Å². The molecule has 0 spiro atoms. The lowest BCUT2D eigenvalue weighted by atomic mass is 9.84. The van der Waals surface area contributed by atoms with Crippen molar-refractivity contribution in [3.8, 4) is 5.75 Å². The Balaban J connectivity index is 1.73. The molecule has 0 saturated carbocycles. The van der Waals surface area contributed by atoms with Crippen molar-refractivity contribution in [2.24, 2.45) is 0 Å². The molecular formula is C18H25BN2O3. The summed E-state index contributed by atoms with van der Waals surface area (Å²) < 4.78 is 13.6. The van der Waals surface area contributed by atoms with E-state index in [4.69, 9.17) is 9.39 Å². The molecule has 1 N–H and O–H groups in total. The van der Waals surface area contributed by atoms with Crippen LogP contribution in [-0.4, -0.2) is 40.2 Å². The van der Waals surface area contributed by atoms with Gasteiger partial charge in [-0.15, -0.1) is 0 Å². The Morgan fingerprint density at radius 3 is 2.79 bits per heavy atom. The third kappa shape index (κ3) is 3.35. The van der Waals surface area contributed by atoms with Crippen LogP contribution < -0.4 is 10.2 Å². The molecule has 6 heteroatoms. The lowest BCUT2D eigenvalue weighted by molar-refractivity contribution is -0.0893. The minimum atomic E-state index is -0.914. The normalized spacial score (nSPS) is 18.0. The van der Waals surface area contributed by atoms with Crippen molar-refractivity contribution in [1.29, 1.82) is 0 Å². The molecule has 1 aliphatic rings. The second-order valence-corrected chi connectivity index (χ2v) is 7.38. The first kappa shape index (κ1) is 17.1. The second kappa shape index (κ2) is 6.26. The van der Waals surface area contributed by atoms with Gasteiger partial charge in [-0.05, 0) is 39.2 Å². The molecule has 1 unspecified atom stereocenters. The number of nitrogens with zero attached hydrogens (tertiary/aromatic N) is 2. The molecule has 1 aromatic carbocycles. The quantitative estimate of drug-likeness (QED) is 0.851. The Morgan fingerprint density at radius 1 is 1.29 bits per heavy atom. The summed E-state index contributed by atoms with van der Waals surface area (Å²) in [7, 11) is 0.419. The molecule has 0 amide bonds. The summed E-state index contributed by atoms with van der Waals surface area (Å²) in [5.41, 5.74) is 0.607. The lowest BCUT2D eigenvalue weighted by Crippen LogP contribution is -2.49. The third-order valence-electron chi connectivity index (χ3n) is 4.97. The monoisotopic (exact) mass is 328 g/mol. The van der Waals surface area contributed by atoms with Crippen LogP contribution in [0.5, 0.6) is 5.75 Å². The van der Waals surface area contributed by atoms with Gasteiger partial charge in [0.15, 0.2) is 0 Å². The minimum absolute atomic E-state index is 0.186. The van der Waals surface area contributed by atoms with E-state index >= 15 is 0 Å². The first-order valence-corrected chi connectivity index (χ1v) is 8.39. The van der Waals surface area contributed by atoms with E-state index < -0.39 is 11.2 Å². The standard InChI is InChI=1S/C18H25BN2O3/c1-17(2,22)18(3,4)24-19-13-11-20-21(12-13)15-9-10-23-16-8-6-5-7-14(15)16/h5-8,11-12,15,19,22H,9-10H2,1-4H3. The van der Waals surface area contributed by atoms with Crippen LogP contribution in [0, 0.1) is 0 Å². The van der Waals surface area contributed by atoms with Gasteiger partial charge in [0.1, 0.15) is 5.75 Å². The first-order valence-electron chi connectivity index (χ1n) is 8.39. The zero-order valence-electron chi connectivity index (χ0n) is 14.8. The Labute approximate surface area is 143 Å². The van der Waals surface area contributed by atoms with E-state index in [1.165, 1.54) is 0 Å². The van der Waals surface area contributed by atoms with Crippen LogP contribution in [0.4, 0.5) is 0 Å². The molecule has 5 nitrogen and oxygen atoms in total. The summed E-state index contributed by atoms with van der Waals surface area (Å²) in [6, 6.07) is 8.29. The van der Waals surface area contributed by atoms with Gasteiger partial charge in [-0.3, -0.25) is 4.68 Å². The average molecular weight is 328 g/mol. The highest BCUT2D eigenvalue weighted by Gasteiger charge is 2.35. The lowest BCUT2D eigenvalue weighted by Gasteiger charge is -2.37. The Hall–Kier alpha value is -1.79. The average Bonchev–Trinajstić information content (AvgIpc) is 3.00. The summed E-state index contributed by atoms with van der Waals surface area (Å²) in [6.45, 7) is 8.00. The summed E-state index contributed by atoms with van der Waals surface area (Å²) in [5, 5.41) is 14.7. The highest BCUT2D eigenvalue weighted by Crippen LogP contribution is 2.33. The molecule has 0 saturated heterocycles. The van der Waals surface area contributed by atoms with Crippen LogP contribution in [0.2, 0.25) is 0 Å². The zero-order chi connectivity index (χ0) is 17.4. The zero-order valence-corrected chi connectivity index (χ0v) is 14.8. The van der Waals surface area contributed by atoms with Crippen molar-refractivity contribution in [3.05, 3.63) is 42.2 Å².